The first-order chi connectivity index (χ1) is 5.81. The average molecular weight is 182 g/mol. The molecule has 0 spiro atoms. The average Bonchev–Trinajstić information content (AvgIpc) is 2.50. The van der Waals surface area contributed by atoms with Gasteiger partial charge in [-0.15, -0.1) is 12.6 Å². The maximum Gasteiger partial charge on any atom is 0.253 e. The summed E-state index contributed by atoms with van der Waals surface area (Å²) in [6.45, 7) is -0.101. The van der Waals surface area contributed by atoms with E-state index in [2.05, 4.69) is 27.7 Å². The maximum atomic E-state index is 8.93. The topological polar surface area (TPSA) is 63.3 Å². The number of thiol groups is 1. The summed E-state index contributed by atoms with van der Waals surface area (Å²) in [4.78, 5) is 7.86. The van der Waals surface area contributed by atoms with Crippen molar-refractivity contribution in [1.82, 2.24) is 19.6 Å². The molecule has 62 valence electrons. The minimum atomic E-state index is -0.101. The van der Waals surface area contributed by atoms with Crippen LogP contribution in [0.15, 0.2) is 17.4 Å². The first-order valence-electron chi connectivity index (χ1n) is 3.31. The molecule has 6 heteroatoms. The van der Waals surface area contributed by atoms with Crippen LogP contribution in [0, 0.1) is 0 Å². The van der Waals surface area contributed by atoms with Crippen LogP contribution in [0.3, 0.4) is 0 Å². The molecule has 0 aliphatic carbocycles. The third-order valence-electron chi connectivity index (χ3n) is 1.47. The van der Waals surface area contributed by atoms with Crippen LogP contribution < -0.4 is 0 Å². The minimum absolute atomic E-state index is 0.101. The van der Waals surface area contributed by atoms with E-state index in [4.69, 9.17) is 5.11 Å². The molecular formula is C6H6N4OS. The van der Waals surface area contributed by atoms with E-state index < -0.39 is 0 Å². The second-order valence-corrected chi connectivity index (χ2v) is 2.69. The molecule has 2 heterocycles. The van der Waals surface area contributed by atoms with E-state index in [-0.39, 0.29) is 6.61 Å². The van der Waals surface area contributed by atoms with Gasteiger partial charge in [-0.05, 0) is 6.07 Å². The van der Waals surface area contributed by atoms with Crippen molar-refractivity contribution in [3.63, 3.8) is 0 Å². The zero-order chi connectivity index (χ0) is 8.55. The van der Waals surface area contributed by atoms with Crippen molar-refractivity contribution in [1.29, 1.82) is 0 Å². The van der Waals surface area contributed by atoms with E-state index in [0.29, 0.717) is 16.5 Å². The van der Waals surface area contributed by atoms with Crippen LogP contribution in [-0.2, 0) is 6.61 Å². The first kappa shape index (κ1) is 7.51. The number of aliphatic hydroxyl groups excluding tert-OH is 1. The monoisotopic (exact) mass is 182 g/mol. The van der Waals surface area contributed by atoms with Gasteiger partial charge < -0.3 is 5.11 Å². The summed E-state index contributed by atoms with van der Waals surface area (Å²) in [6, 6.07) is 1.64. The van der Waals surface area contributed by atoms with Crippen molar-refractivity contribution in [2.24, 2.45) is 0 Å². The molecule has 0 atom stereocenters. The SMILES string of the molecule is OCc1cc(S)nc2ncnn12. The lowest BCUT2D eigenvalue weighted by molar-refractivity contribution is 0.273. The third kappa shape index (κ3) is 1.05. The Labute approximate surface area is 73.5 Å². The quantitative estimate of drug-likeness (QED) is 0.477. The summed E-state index contributed by atoms with van der Waals surface area (Å²) >= 11 is 4.06. The highest BCUT2D eigenvalue weighted by Gasteiger charge is 2.03. The Bertz CT molecular complexity index is 413. The molecule has 0 amide bonds. The fourth-order valence-corrected chi connectivity index (χ4v) is 1.21. The minimum Gasteiger partial charge on any atom is -0.390 e. The highest BCUT2D eigenvalue weighted by molar-refractivity contribution is 7.80. The number of aromatic nitrogens is 4. The van der Waals surface area contributed by atoms with E-state index in [1.807, 2.05) is 0 Å². The van der Waals surface area contributed by atoms with Crippen LogP contribution in [0.1, 0.15) is 5.69 Å². The summed E-state index contributed by atoms with van der Waals surface area (Å²) in [5.74, 6) is 0.451. The molecule has 2 aromatic heterocycles. The molecule has 5 nitrogen and oxygen atoms in total. The Balaban J connectivity index is 2.80. The van der Waals surface area contributed by atoms with Crippen molar-refractivity contribution in [2.45, 2.75) is 11.6 Å². The molecule has 0 saturated heterocycles. The van der Waals surface area contributed by atoms with Crippen molar-refractivity contribution in [3.05, 3.63) is 18.1 Å². The Morgan fingerprint density at radius 3 is 3.17 bits per heavy atom. The number of hydrogen-bond donors (Lipinski definition) is 2. The van der Waals surface area contributed by atoms with Crippen molar-refractivity contribution in [3.8, 4) is 0 Å². The van der Waals surface area contributed by atoms with Crippen LogP contribution in [0.25, 0.3) is 5.78 Å². The number of fused-ring (bicyclic) bond motifs is 1. The number of rotatable bonds is 1. The highest BCUT2D eigenvalue weighted by atomic mass is 32.1. The molecule has 0 bridgehead atoms. The Hall–Kier alpha value is -1.14. The number of nitrogens with zero attached hydrogens (tertiary/aromatic N) is 4. The molecule has 2 rings (SSSR count). The van der Waals surface area contributed by atoms with Crippen LogP contribution in [0.4, 0.5) is 0 Å². The Kier molecular flexibility index (Phi) is 1.70. The molecule has 0 aliphatic heterocycles. The van der Waals surface area contributed by atoms with Gasteiger partial charge in [0, 0.05) is 0 Å². The highest BCUT2D eigenvalue weighted by Crippen LogP contribution is 2.07. The van der Waals surface area contributed by atoms with Crippen LogP contribution >= 0.6 is 12.6 Å². The summed E-state index contributed by atoms with van der Waals surface area (Å²) in [5, 5.41) is 13.3. The smallest absolute Gasteiger partial charge is 0.253 e. The molecule has 0 fully saturated rings. The molecule has 0 radical (unpaired) electrons. The van der Waals surface area contributed by atoms with Crippen LogP contribution in [-0.4, -0.2) is 24.7 Å². The van der Waals surface area contributed by atoms with E-state index in [1.165, 1.54) is 10.8 Å². The lowest BCUT2D eigenvalue weighted by Crippen LogP contribution is -2.00. The van der Waals surface area contributed by atoms with Crippen molar-refractivity contribution in [2.75, 3.05) is 0 Å². The molecule has 0 saturated carbocycles. The van der Waals surface area contributed by atoms with Gasteiger partial charge in [0.2, 0.25) is 0 Å². The number of aliphatic hydroxyl groups is 1. The van der Waals surface area contributed by atoms with Gasteiger partial charge in [-0.3, -0.25) is 0 Å². The van der Waals surface area contributed by atoms with Crippen LogP contribution in [0.5, 0.6) is 0 Å². The molecule has 0 aliphatic rings. The summed E-state index contributed by atoms with van der Waals surface area (Å²) in [7, 11) is 0. The van der Waals surface area contributed by atoms with Gasteiger partial charge in [0.15, 0.2) is 0 Å². The van der Waals surface area contributed by atoms with Gasteiger partial charge in [-0.2, -0.15) is 14.6 Å². The predicted molar refractivity (Wildman–Crippen MR) is 44.0 cm³/mol. The van der Waals surface area contributed by atoms with Crippen molar-refractivity contribution >= 4 is 18.4 Å². The second kappa shape index (κ2) is 2.72. The molecule has 12 heavy (non-hydrogen) atoms. The second-order valence-electron chi connectivity index (χ2n) is 2.24. The standard InChI is InChI=1S/C6H6N4OS/c11-2-4-1-5(12)9-6-7-3-8-10(4)6/h1,3,11H,2H2,(H,7,8,9,12). The maximum absolute atomic E-state index is 8.93. The zero-order valence-electron chi connectivity index (χ0n) is 6.05. The normalized spacial score (nSPS) is 10.8. The largest absolute Gasteiger partial charge is 0.390 e. The van der Waals surface area contributed by atoms with E-state index in [9.17, 15) is 0 Å². The fraction of sp³-hybridized carbons (Fsp3) is 0.167. The lowest BCUT2D eigenvalue weighted by atomic mass is 10.4. The molecule has 2 aromatic rings. The van der Waals surface area contributed by atoms with Crippen LogP contribution in [0.2, 0.25) is 0 Å². The third-order valence-corrected chi connectivity index (χ3v) is 1.70. The molecule has 0 unspecified atom stereocenters. The molecule has 0 aromatic carbocycles. The molecule has 1 N–H and O–H groups in total. The van der Waals surface area contributed by atoms with Gasteiger partial charge in [0.1, 0.15) is 6.33 Å². The summed E-state index contributed by atoms with van der Waals surface area (Å²) in [6.07, 6.45) is 1.38. The zero-order valence-corrected chi connectivity index (χ0v) is 6.94. The van der Waals surface area contributed by atoms with Gasteiger partial charge in [-0.25, -0.2) is 4.98 Å². The van der Waals surface area contributed by atoms with Gasteiger partial charge in [0.05, 0.1) is 17.3 Å². The van der Waals surface area contributed by atoms with Gasteiger partial charge in [0.25, 0.3) is 5.78 Å². The number of hydrogen-bond acceptors (Lipinski definition) is 5. The van der Waals surface area contributed by atoms with Gasteiger partial charge in [-0.1, -0.05) is 0 Å². The summed E-state index contributed by atoms with van der Waals surface area (Å²) in [5.41, 5.74) is 0.627. The van der Waals surface area contributed by atoms with E-state index in [0.717, 1.165) is 0 Å². The predicted octanol–water partition coefficient (Wildman–Crippen LogP) is -0.0947. The Morgan fingerprint density at radius 1 is 1.58 bits per heavy atom. The van der Waals surface area contributed by atoms with Crippen molar-refractivity contribution < 1.29 is 5.11 Å². The van der Waals surface area contributed by atoms with Gasteiger partial charge >= 0.3 is 0 Å². The molecular weight excluding hydrogens is 176 g/mol. The summed E-state index contributed by atoms with van der Waals surface area (Å²) < 4.78 is 1.47. The lowest BCUT2D eigenvalue weighted by Gasteiger charge is -1.99. The Morgan fingerprint density at radius 2 is 2.42 bits per heavy atom. The van der Waals surface area contributed by atoms with E-state index >= 15 is 0 Å². The first-order valence-corrected chi connectivity index (χ1v) is 3.75. The van der Waals surface area contributed by atoms with E-state index in [1.54, 1.807) is 6.07 Å². The fourth-order valence-electron chi connectivity index (χ4n) is 0.972.